The molecule has 234 valence electrons. The van der Waals surface area contributed by atoms with E-state index < -0.39 is 24.1 Å². The van der Waals surface area contributed by atoms with Crippen molar-refractivity contribution >= 4 is 28.6 Å². The van der Waals surface area contributed by atoms with Crippen molar-refractivity contribution in [2.24, 2.45) is 0 Å². The molecule has 2 unspecified atom stereocenters. The molecule has 1 aliphatic rings. The lowest BCUT2D eigenvalue weighted by atomic mass is 9.92. The highest BCUT2D eigenvalue weighted by Crippen LogP contribution is 2.40. The monoisotopic (exact) mass is 625 g/mol. The first-order chi connectivity index (χ1) is 21.4. The molecule has 1 aliphatic heterocycles. The fourth-order valence-electron chi connectivity index (χ4n) is 5.49. The zero-order valence-electron chi connectivity index (χ0n) is 24.8. The van der Waals surface area contributed by atoms with Gasteiger partial charge in [-0.05, 0) is 72.1 Å². The summed E-state index contributed by atoms with van der Waals surface area (Å²) < 4.78 is 35.4. The zero-order chi connectivity index (χ0) is 31.1. The predicted molar refractivity (Wildman–Crippen MR) is 166 cm³/mol. The van der Waals surface area contributed by atoms with Gasteiger partial charge in [-0.3, -0.25) is 9.80 Å². The molecule has 2 N–H and O–H groups in total. The molecule has 0 fully saturated rings. The van der Waals surface area contributed by atoms with Crippen LogP contribution in [0, 0.1) is 5.82 Å². The number of aliphatic hydroxyl groups excluding tert-OH is 1. The highest BCUT2D eigenvalue weighted by atomic mass is 35.5. The number of aliphatic hydroxyl groups is 1. The average molecular weight is 626 g/mol. The lowest BCUT2D eigenvalue weighted by molar-refractivity contribution is 0.0460. The Bertz CT molecular complexity index is 1520. The summed E-state index contributed by atoms with van der Waals surface area (Å²) in [7, 11) is 3.29. The third-order valence-electron chi connectivity index (χ3n) is 7.67. The van der Waals surface area contributed by atoms with Crippen molar-refractivity contribution in [3.8, 4) is 11.5 Å². The smallest absolute Gasteiger partial charge is 0.416 e. The van der Waals surface area contributed by atoms with Crippen LogP contribution in [0.15, 0.2) is 66.7 Å². The summed E-state index contributed by atoms with van der Waals surface area (Å²) in [5.74, 6) is 0.439. The normalized spacial score (nSPS) is 15.4. The number of nitrogens with one attached hydrogen (secondary N) is 1. The van der Waals surface area contributed by atoms with Crippen LogP contribution in [0.5, 0.6) is 11.5 Å². The molecular formula is C33H37ClFN3O6. The van der Waals surface area contributed by atoms with Gasteiger partial charge in [-0.15, -0.1) is 0 Å². The Hall–Kier alpha value is -3.67. The lowest BCUT2D eigenvalue weighted by Crippen LogP contribution is -2.42. The summed E-state index contributed by atoms with van der Waals surface area (Å²) in [6.07, 6.45) is -0.645. The van der Waals surface area contributed by atoms with Crippen molar-refractivity contribution in [1.82, 2.24) is 14.8 Å². The summed E-state index contributed by atoms with van der Waals surface area (Å²) in [6.45, 7) is 3.40. The number of H-pyrrole nitrogens is 1. The highest BCUT2D eigenvalue weighted by Gasteiger charge is 2.36. The molecule has 44 heavy (non-hydrogen) atoms. The number of carbonyl (C=O) groups excluding carboxylic acids is 1. The van der Waals surface area contributed by atoms with Crippen LogP contribution < -0.4 is 9.47 Å². The fraction of sp³-hybridized carbons (Fsp3) is 0.364. The third kappa shape index (κ3) is 7.69. The Morgan fingerprint density at radius 1 is 1.05 bits per heavy atom. The van der Waals surface area contributed by atoms with Crippen molar-refractivity contribution in [2.45, 2.75) is 18.6 Å². The molecule has 1 amide bonds. The Morgan fingerprint density at radius 3 is 2.41 bits per heavy atom. The number of nitrogens with zero attached hydrogens (tertiary/aromatic N) is 2. The summed E-state index contributed by atoms with van der Waals surface area (Å²) in [5.41, 5.74) is 3.74. The van der Waals surface area contributed by atoms with Crippen LogP contribution >= 0.6 is 11.6 Å². The maximum Gasteiger partial charge on any atom is 0.416 e. The van der Waals surface area contributed by atoms with E-state index in [4.69, 9.17) is 30.5 Å². The quantitative estimate of drug-likeness (QED) is 0.204. The fourth-order valence-corrected chi connectivity index (χ4v) is 5.66. The van der Waals surface area contributed by atoms with Crippen LogP contribution in [0.2, 0.25) is 5.02 Å². The second-order valence-electron chi connectivity index (χ2n) is 10.7. The number of aromatic nitrogens is 1. The number of hydrogen-bond acceptors (Lipinski definition) is 7. The first-order valence-electron chi connectivity index (χ1n) is 14.5. The first kappa shape index (κ1) is 31.7. The first-order valence-corrected chi connectivity index (χ1v) is 14.9. The minimum absolute atomic E-state index is 0.113. The number of hydrogen-bond donors (Lipinski definition) is 2. The van der Waals surface area contributed by atoms with E-state index in [2.05, 4.69) is 9.88 Å². The van der Waals surface area contributed by atoms with Gasteiger partial charge in [-0.1, -0.05) is 23.7 Å². The van der Waals surface area contributed by atoms with Gasteiger partial charge in [0.25, 0.3) is 0 Å². The molecule has 0 bridgehead atoms. The van der Waals surface area contributed by atoms with Crippen molar-refractivity contribution in [2.75, 3.05) is 60.2 Å². The summed E-state index contributed by atoms with van der Waals surface area (Å²) in [6, 6.07) is 18.0. The van der Waals surface area contributed by atoms with Gasteiger partial charge in [0.1, 0.15) is 36.1 Å². The topological polar surface area (TPSA) is 96.5 Å². The van der Waals surface area contributed by atoms with Crippen molar-refractivity contribution in [3.63, 3.8) is 0 Å². The average Bonchev–Trinajstić information content (AvgIpc) is 3.40. The molecule has 9 nitrogen and oxygen atoms in total. The SMILES string of the molecule is COCCN(CCOC)CC(O)COc1ccc(C2c3[nH]c4ccc(Cl)cc4c3CCN2C(=O)Oc2ccc(F)cc2)cc1. The van der Waals surface area contributed by atoms with Crippen molar-refractivity contribution in [3.05, 3.63) is 94.4 Å². The number of fused-ring (bicyclic) bond motifs is 3. The summed E-state index contributed by atoms with van der Waals surface area (Å²) >= 11 is 6.32. The molecule has 4 aromatic rings. The number of halogens is 2. The summed E-state index contributed by atoms with van der Waals surface area (Å²) in [5, 5.41) is 12.3. The van der Waals surface area contributed by atoms with Crippen LogP contribution in [-0.2, 0) is 15.9 Å². The number of benzene rings is 3. The van der Waals surface area contributed by atoms with Gasteiger partial charge in [0, 0.05) is 62.0 Å². The molecular weight excluding hydrogens is 589 g/mol. The van der Waals surface area contributed by atoms with Gasteiger partial charge in [-0.25, -0.2) is 9.18 Å². The van der Waals surface area contributed by atoms with E-state index >= 15 is 0 Å². The molecule has 0 radical (unpaired) electrons. The number of aromatic amines is 1. The molecule has 0 aliphatic carbocycles. The van der Waals surface area contributed by atoms with E-state index in [0.29, 0.717) is 56.6 Å². The molecule has 11 heteroatoms. The second-order valence-corrected chi connectivity index (χ2v) is 11.1. The Balaban J connectivity index is 1.34. The maximum atomic E-state index is 13.5. The summed E-state index contributed by atoms with van der Waals surface area (Å²) in [4.78, 5) is 20.7. The molecule has 1 aromatic heterocycles. The van der Waals surface area contributed by atoms with Gasteiger partial charge < -0.3 is 29.0 Å². The zero-order valence-corrected chi connectivity index (χ0v) is 25.6. The number of methoxy groups -OCH3 is 2. The van der Waals surface area contributed by atoms with Gasteiger partial charge in [0.15, 0.2) is 0 Å². The highest BCUT2D eigenvalue weighted by molar-refractivity contribution is 6.31. The molecule has 0 saturated carbocycles. The Morgan fingerprint density at radius 2 is 1.73 bits per heavy atom. The number of ether oxygens (including phenoxy) is 4. The van der Waals surface area contributed by atoms with Gasteiger partial charge in [0.2, 0.25) is 0 Å². The van der Waals surface area contributed by atoms with Gasteiger partial charge in [0.05, 0.1) is 13.2 Å². The molecule has 2 atom stereocenters. The van der Waals surface area contributed by atoms with E-state index in [-0.39, 0.29) is 12.4 Å². The predicted octanol–water partition coefficient (Wildman–Crippen LogP) is 5.44. The van der Waals surface area contributed by atoms with Crippen molar-refractivity contribution in [1.29, 1.82) is 0 Å². The number of amides is 1. The Labute approximate surface area is 261 Å². The van der Waals surface area contributed by atoms with Crippen LogP contribution in [0.3, 0.4) is 0 Å². The largest absolute Gasteiger partial charge is 0.491 e. The van der Waals surface area contributed by atoms with Gasteiger partial charge in [-0.2, -0.15) is 0 Å². The minimum Gasteiger partial charge on any atom is -0.491 e. The Kier molecular flexibility index (Phi) is 10.7. The van der Waals surface area contributed by atoms with Crippen LogP contribution in [0.4, 0.5) is 9.18 Å². The standard InChI is InChI=1S/C33H37ClFN3O6/c1-41-17-15-37(16-18-42-2)20-25(39)21-43-26-8-3-22(4-9-26)32-31-28(29-19-23(34)5-12-30(29)36-31)13-14-38(32)33(40)44-27-10-6-24(35)7-11-27/h3-12,19,25,32,36,39H,13-18,20-21H2,1-2H3. The molecule has 0 spiro atoms. The minimum atomic E-state index is -0.709. The van der Waals surface area contributed by atoms with E-state index in [1.807, 2.05) is 42.5 Å². The number of carbonyl (C=O) groups is 1. The van der Waals surface area contributed by atoms with Crippen LogP contribution in [0.25, 0.3) is 10.9 Å². The second kappa shape index (κ2) is 14.9. The molecule has 3 aromatic carbocycles. The van der Waals surface area contributed by atoms with E-state index in [9.17, 15) is 14.3 Å². The maximum absolute atomic E-state index is 13.5. The van der Waals surface area contributed by atoms with Crippen LogP contribution in [0.1, 0.15) is 22.9 Å². The molecule has 5 rings (SSSR count). The van der Waals surface area contributed by atoms with Crippen molar-refractivity contribution < 1.29 is 33.2 Å². The van der Waals surface area contributed by atoms with Crippen LogP contribution in [-0.4, -0.2) is 92.3 Å². The van der Waals surface area contributed by atoms with E-state index in [0.717, 1.165) is 27.7 Å². The molecule has 0 saturated heterocycles. The number of rotatable bonds is 13. The molecule has 2 heterocycles. The lowest BCUT2D eigenvalue weighted by Gasteiger charge is -2.35. The van der Waals surface area contributed by atoms with E-state index in [1.165, 1.54) is 24.3 Å². The third-order valence-corrected chi connectivity index (χ3v) is 7.91. The van der Waals surface area contributed by atoms with E-state index in [1.54, 1.807) is 19.1 Å². The van der Waals surface area contributed by atoms with Gasteiger partial charge >= 0.3 is 6.09 Å².